The second-order valence-corrected chi connectivity index (χ2v) is 7.14. The topological polar surface area (TPSA) is 123 Å². The lowest BCUT2D eigenvalue weighted by Gasteiger charge is -2.13. The van der Waals surface area contributed by atoms with Crippen molar-refractivity contribution < 1.29 is 14.6 Å². The zero-order chi connectivity index (χ0) is 21.1. The van der Waals surface area contributed by atoms with E-state index in [0.717, 1.165) is 16.2 Å². The number of carboxylic acids is 1. The summed E-state index contributed by atoms with van der Waals surface area (Å²) in [5.41, 5.74) is 0.969. The highest BCUT2D eigenvalue weighted by molar-refractivity contribution is 9.10. The van der Waals surface area contributed by atoms with Crippen LogP contribution in [0, 0.1) is 0 Å². The monoisotopic (exact) mass is 467 g/mol. The first-order valence-electron chi connectivity index (χ1n) is 8.72. The quantitative estimate of drug-likeness (QED) is 0.446. The van der Waals surface area contributed by atoms with Crippen molar-refractivity contribution in [2.75, 3.05) is 0 Å². The van der Waals surface area contributed by atoms with Crippen LogP contribution in [-0.2, 0) is 6.61 Å². The second-order valence-electron chi connectivity index (χ2n) is 6.23. The molecule has 9 nitrogen and oxygen atoms in total. The molecule has 0 unspecified atom stereocenters. The first-order valence-corrected chi connectivity index (χ1v) is 9.51. The normalized spacial score (nSPS) is 10.7. The smallest absolute Gasteiger partial charge is 0.342 e. The Morgan fingerprint density at radius 3 is 2.80 bits per heavy atom. The number of aromatic carboxylic acids is 1. The van der Waals surface area contributed by atoms with Crippen molar-refractivity contribution in [3.63, 3.8) is 0 Å². The molecular formula is C20H14BrN5O4. The molecule has 0 atom stereocenters. The van der Waals surface area contributed by atoms with Gasteiger partial charge < -0.3 is 14.8 Å². The maximum Gasteiger partial charge on any atom is 0.342 e. The van der Waals surface area contributed by atoms with E-state index >= 15 is 0 Å². The van der Waals surface area contributed by atoms with Gasteiger partial charge in [-0.1, -0.05) is 33.3 Å². The summed E-state index contributed by atoms with van der Waals surface area (Å²) >= 11 is 3.44. The molecule has 0 radical (unpaired) electrons. The largest absolute Gasteiger partial charge is 0.487 e. The third-order valence-corrected chi connectivity index (χ3v) is 4.71. The highest BCUT2D eigenvalue weighted by Gasteiger charge is 2.14. The molecule has 0 spiro atoms. The fourth-order valence-electron chi connectivity index (χ4n) is 2.78. The molecular weight excluding hydrogens is 454 g/mol. The first-order chi connectivity index (χ1) is 14.5. The minimum absolute atomic E-state index is 0.227. The predicted molar refractivity (Wildman–Crippen MR) is 111 cm³/mol. The number of halogens is 1. The molecule has 0 aliphatic heterocycles. The van der Waals surface area contributed by atoms with Crippen molar-refractivity contribution in [3.8, 4) is 22.8 Å². The summed E-state index contributed by atoms with van der Waals surface area (Å²) < 4.78 is 8.47. The van der Waals surface area contributed by atoms with Crippen LogP contribution in [0.2, 0.25) is 0 Å². The van der Waals surface area contributed by atoms with Crippen LogP contribution < -0.4 is 10.3 Å². The van der Waals surface area contributed by atoms with Gasteiger partial charge in [0.1, 0.15) is 29.4 Å². The standard InChI is InChI=1S/C20H14BrN5O4/c21-14-3-1-2-12(8-14)11-30-17-5-4-13(9-16(17)26-7-6-23-25-26)18-22-10-15(20(28)29)19(27)24-18/h1-10H,11H2,(H,28,29)(H,22,24,27). The van der Waals surface area contributed by atoms with Crippen LogP contribution in [-0.4, -0.2) is 36.0 Å². The molecule has 0 saturated heterocycles. The fraction of sp³-hybridized carbons (Fsp3) is 0.0500. The number of carboxylic acid groups (broad SMARTS) is 1. The minimum atomic E-state index is -1.34. The highest BCUT2D eigenvalue weighted by atomic mass is 79.9. The number of rotatable bonds is 6. The third-order valence-electron chi connectivity index (χ3n) is 4.21. The molecule has 4 aromatic rings. The van der Waals surface area contributed by atoms with E-state index in [1.807, 2.05) is 24.3 Å². The Balaban J connectivity index is 1.70. The summed E-state index contributed by atoms with van der Waals surface area (Å²) in [6.45, 7) is 0.336. The molecule has 0 amide bonds. The average molecular weight is 468 g/mol. The van der Waals surface area contributed by atoms with Crippen LogP contribution in [0.25, 0.3) is 17.1 Å². The highest BCUT2D eigenvalue weighted by Crippen LogP contribution is 2.28. The fourth-order valence-corrected chi connectivity index (χ4v) is 3.23. The van der Waals surface area contributed by atoms with Crippen molar-refractivity contribution in [1.29, 1.82) is 0 Å². The van der Waals surface area contributed by atoms with Crippen molar-refractivity contribution in [2.45, 2.75) is 6.61 Å². The second kappa shape index (κ2) is 8.29. The van der Waals surface area contributed by atoms with Crippen LogP contribution in [0.5, 0.6) is 5.75 Å². The van der Waals surface area contributed by atoms with Crippen molar-refractivity contribution in [1.82, 2.24) is 25.0 Å². The number of hydrogen-bond acceptors (Lipinski definition) is 6. The van der Waals surface area contributed by atoms with E-state index < -0.39 is 17.1 Å². The number of carbonyl (C=O) groups is 1. The van der Waals surface area contributed by atoms with Gasteiger partial charge in [-0.2, -0.15) is 0 Å². The minimum Gasteiger partial charge on any atom is -0.487 e. The molecule has 0 fully saturated rings. The molecule has 0 saturated carbocycles. The van der Waals surface area contributed by atoms with E-state index in [-0.39, 0.29) is 5.82 Å². The summed E-state index contributed by atoms with van der Waals surface area (Å²) in [5, 5.41) is 16.8. The molecule has 2 heterocycles. The van der Waals surface area contributed by atoms with Crippen LogP contribution >= 0.6 is 15.9 Å². The number of H-pyrrole nitrogens is 1. The Labute approximate surface area is 178 Å². The lowest BCUT2D eigenvalue weighted by atomic mass is 10.1. The molecule has 0 aliphatic rings. The van der Waals surface area contributed by atoms with Crippen LogP contribution in [0.15, 0.2) is 70.3 Å². The molecule has 30 heavy (non-hydrogen) atoms. The summed E-state index contributed by atoms with van der Waals surface area (Å²) in [7, 11) is 0. The molecule has 0 bridgehead atoms. The Hall–Kier alpha value is -3.79. The Morgan fingerprint density at radius 1 is 1.23 bits per heavy atom. The van der Waals surface area contributed by atoms with Gasteiger partial charge in [-0.25, -0.2) is 14.5 Å². The van der Waals surface area contributed by atoms with Gasteiger partial charge in [0, 0.05) is 16.2 Å². The number of nitrogens with one attached hydrogen (secondary N) is 1. The summed E-state index contributed by atoms with van der Waals surface area (Å²) in [4.78, 5) is 29.6. The van der Waals surface area contributed by atoms with E-state index in [1.54, 1.807) is 24.4 Å². The molecule has 2 N–H and O–H groups in total. The zero-order valence-electron chi connectivity index (χ0n) is 15.3. The molecule has 2 aromatic carbocycles. The molecule has 2 aromatic heterocycles. The Bertz CT molecular complexity index is 1270. The molecule has 150 valence electrons. The number of aromatic amines is 1. The van der Waals surface area contributed by atoms with Crippen molar-refractivity contribution in [3.05, 3.63) is 87.0 Å². The van der Waals surface area contributed by atoms with Crippen LogP contribution in [0.4, 0.5) is 0 Å². The molecule has 10 heteroatoms. The Kier molecular flexibility index (Phi) is 5.40. The van der Waals surface area contributed by atoms with Gasteiger partial charge in [0.15, 0.2) is 0 Å². The maximum atomic E-state index is 12.0. The SMILES string of the molecule is O=C(O)c1cnc(-c2ccc(OCc3cccc(Br)c3)c(-n3ccnn3)c2)[nH]c1=O. The maximum absolute atomic E-state index is 12.0. The number of nitrogens with zero attached hydrogens (tertiary/aromatic N) is 4. The summed E-state index contributed by atoms with van der Waals surface area (Å²) in [6, 6.07) is 12.9. The molecule has 4 rings (SSSR count). The van der Waals surface area contributed by atoms with Gasteiger partial charge in [0.25, 0.3) is 5.56 Å². The van der Waals surface area contributed by atoms with Gasteiger partial charge in [-0.05, 0) is 35.9 Å². The van der Waals surface area contributed by atoms with Gasteiger partial charge in [-0.3, -0.25) is 4.79 Å². The first kappa shape index (κ1) is 19.5. The third kappa shape index (κ3) is 4.13. The summed E-state index contributed by atoms with van der Waals surface area (Å²) in [6.07, 6.45) is 4.23. The van der Waals surface area contributed by atoms with E-state index in [2.05, 4.69) is 36.2 Å². The lowest BCUT2D eigenvalue weighted by molar-refractivity contribution is 0.0694. The van der Waals surface area contributed by atoms with Crippen molar-refractivity contribution >= 4 is 21.9 Å². The van der Waals surface area contributed by atoms with Gasteiger partial charge in [-0.15, -0.1) is 5.10 Å². The average Bonchev–Trinajstić information content (AvgIpc) is 3.26. The lowest BCUT2D eigenvalue weighted by Crippen LogP contribution is -2.18. The van der Waals surface area contributed by atoms with Gasteiger partial charge in [0.2, 0.25) is 0 Å². The van der Waals surface area contributed by atoms with E-state index in [4.69, 9.17) is 9.84 Å². The Morgan fingerprint density at radius 2 is 2.10 bits per heavy atom. The van der Waals surface area contributed by atoms with E-state index in [1.165, 1.54) is 10.9 Å². The number of hydrogen-bond donors (Lipinski definition) is 2. The molecule has 0 aliphatic carbocycles. The van der Waals surface area contributed by atoms with E-state index in [0.29, 0.717) is 23.6 Å². The van der Waals surface area contributed by atoms with Gasteiger partial charge in [0.05, 0.1) is 12.4 Å². The number of aromatic nitrogens is 5. The summed E-state index contributed by atoms with van der Waals surface area (Å²) in [5.74, 6) is -0.562. The number of benzene rings is 2. The van der Waals surface area contributed by atoms with Crippen LogP contribution in [0.3, 0.4) is 0 Å². The van der Waals surface area contributed by atoms with Gasteiger partial charge >= 0.3 is 5.97 Å². The van der Waals surface area contributed by atoms with E-state index in [9.17, 15) is 9.59 Å². The predicted octanol–water partition coefficient (Wildman–Crippen LogP) is 3.06. The van der Waals surface area contributed by atoms with Crippen LogP contribution in [0.1, 0.15) is 15.9 Å². The zero-order valence-corrected chi connectivity index (χ0v) is 16.9. The van der Waals surface area contributed by atoms with Crippen molar-refractivity contribution in [2.24, 2.45) is 0 Å². The number of ether oxygens (including phenoxy) is 1.